The van der Waals surface area contributed by atoms with E-state index in [2.05, 4.69) is 5.32 Å². The second kappa shape index (κ2) is 10.6. The highest BCUT2D eigenvalue weighted by Gasteiger charge is 2.52. The summed E-state index contributed by atoms with van der Waals surface area (Å²) in [6, 6.07) is 11.9. The van der Waals surface area contributed by atoms with E-state index in [-0.39, 0.29) is 42.0 Å². The Morgan fingerprint density at radius 2 is 1.62 bits per heavy atom. The lowest BCUT2D eigenvalue weighted by molar-refractivity contribution is -0.138. The van der Waals surface area contributed by atoms with Crippen molar-refractivity contribution in [3.63, 3.8) is 0 Å². The Labute approximate surface area is 217 Å². The molecule has 0 bridgehead atoms. The van der Waals surface area contributed by atoms with Gasteiger partial charge in [-0.3, -0.25) is 19.2 Å². The number of likely N-dealkylation sites (tertiary alicyclic amines) is 2. The summed E-state index contributed by atoms with van der Waals surface area (Å²) in [6.07, 6.45) is 0.952. The van der Waals surface area contributed by atoms with Crippen LogP contribution in [0.25, 0.3) is 0 Å². The van der Waals surface area contributed by atoms with Crippen molar-refractivity contribution in [2.45, 2.75) is 44.8 Å². The van der Waals surface area contributed by atoms with Gasteiger partial charge in [-0.25, -0.2) is 0 Å². The number of fused-ring (bicyclic) bond motifs is 1. The molecule has 2 aromatic rings. The van der Waals surface area contributed by atoms with E-state index in [0.29, 0.717) is 36.2 Å². The summed E-state index contributed by atoms with van der Waals surface area (Å²) in [5, 5.41) is 2.90. The normalized spacial score (nSPS) is 19.6. The third kappa shape index (κ3) is 5.45. The van der Waals surface area contributed by atoms with Gasteiger partial charge in [0.25, 0.3) is 11.8 Å². The molecule has 3 N–H and O–H groups in total. The molecule has 2 fully saturated rings. The van der Waals surface area contributed by atoms with E-state index in [1.165, 1.54) is 0 Å². The number of hydrogen-bond acceptors (Lipinski definition) is 6. The maximum Gasteiger partial charge on any atom is 0.254 e. The van der Waals surface area contributed by atoms with Crippen molar-refractivity contribution in [3.05, 3.63) is 59.7 Å². The largest absolute Gasteiger partial charge is 0.399 e. The van der Waals surface area contributed by atoms with E-state index >= 15 is 0 Å². The zero-order valence-corrected chi connectivity index (χ0v) is 21.8. The van der Waals surface area contributed by atoms with Gasteiger partial charge < -0.3 is 25.8 Å². The molecule has 0 radical (unpaired) electrons. The Morgan fingerprint density at radius 1 is 1.00 bits per heavy atom. The Bertz CT molecular complexity index is 1180. The number of nitrogens with two attached hydrogens (primary N) is 1. The third-order valence-corrected chi connectivity index (χ3v) is 7.08. The van der Waals surface area contributed by atoms with Crippen LogP contribution in [-0.4, -0.2) is 78.6 Å². The molecule has 2 unspecified atom stereocenters. The fraction of sp³-hybridized carbons (Fsp3) is 0.429. The summed E-state index contributed by atoms with van der Waals surface area (Å²) in [5.74, 6) is -0.879. The minimum Gasteiger partial charge on any atom is -0.399 e. The number of benzene rings is 2. The average Bonchev–Trinajstić information content (AvgIpc) is 3.44. The number of nitrogen functional groups attached to an aromatic ring is 1. The number of amides is 3. The third-order valence-electron chi connectivity index (χ3n) is 7.08. The van der Waals surface area contributed by atoms with Crippen LogP contribution in [0.5, 0.6) is 0 Å². The predicted molar refractivity (Wildman–Crippen MR) is 142 cm³/mol. The van der Waals surface area contributed by atoms with Gasteiger partial charge in [0.2, 0.25) is 5.91 Å². The quantitative estimate of drug-likeness (QED) is 0.557. The average molecular weight is 506 g/mol. The van der Waals surface area contributed by atoms with E-state index in [4.69, 9.17) is 5.73 Å². The van der Waals surface area contributed by atoms with Crippen molar-refractivity contribution in [1.82, 2.24) is 15.1 Å². The fourth-order valence-electron chi connectivity index (χ4n) is 5.18. The summed E-state index contributed by atoms with van der Waals surface area (Å²) in [5.41, 5.74) is 8.17. The molecule has 2 aliphatic heterocycles. The van der Waals surface area contributed by atoms with Gasteiger partial charge in [-0.05, 0) is 67.3 Å². The number of carbonyl (C=O) groups excluding carboxylic acids is 4. The number of carbonyl (C=O) groups is 4. The standard InChI is InChI=1S/C28H35N5O4/c1-17(2)15-22(30-26(35)18-7-11-21(12-8-18)31(3)4)28(37)32-14-13-23-25(32)24(34)16-33(23)27(36)19-5-9-20(29)10-6-19/h5-12,17,22-23,25H,13-16,29H2,1-4H3,(H,30,35)/t22-,23?,25?/m0/s1. The van der Waals surface area contributed by atoms with Crippen molar-refractivity contribution in [2.75, 3.05) is 37.8 Å². The first-order valence-corrected chi connectivity index (χ1v) is 12.6. The molecule has 196 valence electrons. The van der Waals surface area contributed by atoms with Gasteiger partial charge in [0.1, 0.15) is 12.1 Å². The lowest BCUT2D eigenvalue weighted by atomic mass is 10.0. The summed E-state index contributed by atoms with van der Waals surface area (Å²) in [4.78, 5) is 58.0. The van der Waals surface area contributed by atoms with Crippen molar-refractivity contribution in [2.24, 2.45) is 5.92 Å². The SMILES string of the molecule is CC(C)C[C@H](NC(=O)c1ccc(N(C)C)cc1)C(=O)N1CCC2C1C(=O)CN2C(=O)c1ccc(N)cc1. The summed E-state index contributed by atoms with van der Waals surface area (Å²) < 4.78 is 0. The molecule has 2 heterocycles. The van der Waals surface area contributed by atoms with Crippen molar-refractivity contribution in [3.8, 4) is 0 Å². The molecule has 2 aromatic carbocycles. The zero-order valence-electron chi connectivity index (χ0n) is 21.8. The van der Waals surface area contributed by atoms with Crippen LogP contribution in [0.4, 0.5) is 11.4 Å². The highest BCUT2D eigenvalue weighted by atomic mass is 16.2. The molecule has 0 spiro atoms. The van der Waals surface area contributed by atoms with Gasteiger partial charge in [0.15, 0.2) is 5.78 Å². The number of Topliss-reactive ketones (excluding diaryl/α,β-unsaturated/α-hetero) is 1. The highest BCUT2D eigenvalue weighted by molar-refractivity contribution is 6.03. The first-order chi connectivity index (χ1) is 17.6. The van der Waals surface area contributed by atoms with Gasteiger partial charge in [0.05, 0.1) is 12.6 Å². The second-order valence-electron chi connectivity index (χ2n) is 10.5. The lowest BCUT2D eigenvalue weighted by Gasteiger charge is -2.29. The van der Waals surface area contributed by atoms with Crippen LogP contribution >= 0.6 is 0 Å². The molecule has 4 rings (SSSR count). The molecule has 0 saturated carbocycles. The number of anilines is 2. The minimum atomic E-state index is -0.769. The Balaban J connectivity index is 1.49. The highest BCUT2D eigenvalue weighted by Crippen LogP contribution is 2.32. The van der Waals surface area contributed by atoms with E-state index in [1.54, 1.807) is 46.2 Å². The number of ketones is 1. The van der Waals surface area contributed by atoms with E-state index < -0.39 is 12.1 Å². The van der Waals surface area contributed by atoms with Crippen molar-refractivity contribution >= 4 is 34.9 Å². The number of nitrogens with zero attached hydrogens (tertiary/aromatic N) is 3. The first kappa shape index (κ1) is 26.2. The lowest BCUT2D eigenvalue weighted by Crippen LogP contribution is -2.53. The monoisotopic (exact) mass is 505 g/mol. The van der Waals surface area contributed by atoms with Crippen LogP contribution in [0.1, 0.15) is 47.4 Å². The maximum atomic E-state index is 13.7. The molecule has 37 heavy (non-hydrogen) atoms. The van der Waals surface area contributed by atoms with Crippen LogP contribution in [-0.2, 0) is 9.59 Å². The molecule has 2 saturated heterocycles. The molecular formula is C28H35N5O4. The van der Waals surface area contributed by atoms with Gasteiger partial charge in [0, 0.05) is 43.1 Å². The van der Waals surface area contributed by atoms with Crippen LogP contribution in [0.3, 0.4) is 0 Å². The zero-order chi connectivity index (χ0) is 26.9. The van der Waals surface area contributed by atoms with Gasteiger partial charge >= 0.3 is 0 Å². The summed E-state index contributed by atoms with van der Waals surface area (Å²) in [7, 11) is 3.84. The van der Waals surface area contributed by atoms with E-state index in [1.807, 2.05) is 45.0 Å². The Kier molecular flexibility index (Phi) is 7.52. The van der Waals surface area contributed by atoms with Gasteiger partial charge in [-0.15, -0.1) is 0 Å². The van der Waals surface area contributed by atoms with Crippen LogP contribution < -0.4 is 16.0 Å². The second-order valence-corrected chi connectivity index (χ2v) is 10.5. The van der Waals surface area contributed by atoms with Gasteiger partial charge in [-0.1, -0.05) is 13.8 Å². The minimum absolute atomic E-state index is 0.0399. The Hall–Kier alpha value is -3.88. The van der Waals surface area contributed by atoms with E-state index in [9.17, 15) is 19.2 Å². The molecule has 3 atom stereocenters. The molecule has 9 nitrogen and oxygen atoms in total. The number of hydrogen-bond donors (Lipinski definition) is 2. The van der Waals surface area contributed by atoms with Gasteiger partial charge in [-0.2, -0.15) is 0 Å². The smallest absolute Gasteiger partial charge is 0.254 e. The predicted octanol–water partition coefficient (Wildman–Crippen LogP) is 2.17. The first-order valence-electron chi connectivity index (χ1n) is 12.6. The number of rotatable bonds is 7. The molecule has 3 amide bonds. The summed E-state index contributed by atoms with van der Waals surface area (Å²) in [6.45, 7) is 4.28. The fourth-order valence-corrected chi connectivity index (χ4v) is 5.18. The van der Waals surface area contributed by atoms with Crippen LogP contribution in [0.15, 0.2) is 48.5 Å². The van der Waals surface area contributed by atoms with Crippen molar-refractivity contribution in [1.29, 1.82) is 0 Å². The maximum absolute atomic E-state index is 13.7. The molecule has 0 aromatic heterocycles. The van der Waals surface area contributed by atoms with Crippen LogP contribution in [0, 0.1) is 5.92 Å². The summed E-state index contributed by atoms with van der Waals surface area (Å²) >= 11 is 0. The Morgan fingerprint density at radius 3 is 2.22 bits per heavy atom. The molecule has 9 heteroatoms. The topological polar surface area (TPSA) is 116 Å². The number of nitrogens with one attached hydrogen (secondary N) is 1. The molecule has 2 aliphatic rings. The van der Waals surface area contributed by atoms with Crippen LogP contribution in [0.2, 0.25) is 0 Å². The van der Waals surface area contributed by atoms with E-state index in [0.717, 1.165) is 5.69 Å². The molecule has 0 aliphatic carbocycles. The van der Waals surface area contributed by atoms with Crippen molar-refractivity contribution < 1.29 is 19.2 Å². The molecular weight excluding hydrogens is 470 g/mol.